The largest absolute Gasteiger partial charge is 0.490 e. The van der Waals surface area contributed by atoms with Crippen molar-refractivity contribution in [3.63, 3.8) is 0 Å². The van der Waals surface area contributed by atoms with Crippen molar-refractivity contribution in [1.29, 1.82) is 0 Å². The van der Waals surface area contributed by atoms with Crippen molar-refractivity contribution in [2.24, 2.45) is 4.99 Å². The Labute approximate surface area is 173 Å². The minimum absolute atomic E-state index is 0.0197. The van der Waals surface area contributed by atoms with E-state index in [9.17, 15) is 18.5 Å². The third-order valence-electron chi connectivity index (χ3n) is 3.92. The van der Waals surface area contributed by atoms with E-state index in [2.05, 4.69) is 4.99 Å². The van der Waals surface area contributed by atoms with Crippen molar-refractivity contribution in [1.82, 2.24) is 0 Å². The van der Waals surface area contributed by atoms with Crippen LogP contribution in [0.25, 0.3) is 0 Å². The van der Waals surface area contributed by atoms with E-state index in [4.69, 9.17) is 8.92 Å². The molecule has 3 rings (SSSR count). The molecule has 0 saturated heterocycles. The summed E-state index contributed by atoms with van der Waals surface area (Å²) in [7, 11) is -4.00. The van der Waals surface area contributed by atoms with Gasteiger partial charge in [0.2, 0.25) is 0 Å². The quantitative estimate of drug-likeness (QED) is 0.227. The lowest BCUT2D eigenvalue weighted by Gasteiger charge is -2.12. The summed E-state index contributed by atoms with van der Waals surface area (Å²) in [5, 5.41) is 10.7. The number of nitro benzene ring substituents is 1. The maximum Gasteiger partial charge on any atom is 0.339 e. The highest BCUT2D eigenvalue weighted by Crippen LogP contribution is 2.31. The summed E-state index contributed by atoms with van der Waals surface area (Å²) >= 11 is 0. The van der Waals surface area contributed by atoms with Crippen LogP contribution in [-0.4, -0.2) is 26.2 Å². The van der Waals surface area contributed by atoms with E-state index in [-0.39, 0.29) is 22.1 Å². The van der Waals surface area contributed by atoms with Crippen molar-refractivity contribution >= 4 is 27.7 Å². The third kappa shape index (κ3) is 5.21. The molecule has 0 amide bonds. The average Bonchev–Trinajstić information content (AvgIpc) is 2.75. The zero-order valence-electron chi connectivity index (χ0n) is 16.0. The van der Waals surface area contributed by atoms with Gasteiger partial charge in [0.15, 0.2) is 11.5 Å². The van der Waals surface area contributed by atoms with E-state index in [0.29, 0.717) is 17.9 Å². The third-order valence-corrected chi connectivity index (χ3v) is 5.17. The fourth-order valence-corrected chi connectivity index (χ4v) is 3.47. The van der Waals surface area contributed by atoms with Crippen molar-refractivity contribution in [3.8, 4) is 11.5 Å². The zero-order valence-corrected chi connectivity index (χ0v) is 16.8. The molecule has 0 aliphatic rings. The monoisotopic (exact) mass is 426 g/mol. The summed E-state index contributed by atoms with van der Waals surface area (Å²) in [5.74, 6) is 0.317. The Balaban J connectivity index is 1.83. The first-order chi connectivity index (χ1) is 14.4. The van der Waals surface area contributed by atoms with E-state index in [1.807, 2.05) is 0 Å². The second kappa shape index (κ2) is 9.19. The summed E-state index contributed by atoms with van der Waals surface area (Å²) in [4.78, 5) is 14.5. The van der Waals surface area contributed by atoms with Gasteiger partial charge in [0.1, 0.15) is 4.90 Å². The molecule has 0 unspecified atom stereocenters. The molecule has 0 aromatic heterocycles. The second-order valence-corrected chi connectivity index (χ2v) is 7.57. The molecule has 0 aliphatic carbocycles. The molecule has 0 fully saturated rings. The molecule has 0 N–H and O–H groups in total. The lowest BCUT2D eigenvalue weighted by molar-refractivity contribution is -0.384. The second-order valence-electron chi connectivity index (χ2n) is 6.02. The van der Waals surface area contributed by atoms with Gasteiger partial charge in [-0.2, -0.15) is 8.42 Å². The maximum absolute atomic E-state index is 12.5. The number of benzene rings is 3. The van der Waals surface area contributed by atoms with E-state index < -0.39 is 15.0 Å². The molecule has 0 radical (unpaired) electrons. The van der Waals surface area contributed by atoms with Gasteiger partial charge < -0.3 is 8.92 Å². The number of rotatable bonds is 8. The maximum atomic E-state index is 12.5. The Morgan fingerprint density at radius 3 is 2.33 bits per heavy atom. The number of hydrogen-bond donors (Lipinski definition) is 0. The van der Waals surface area contributed by atoms with E-state index in [1.54, 1.807) is 43.5 Å². The molecule has 0 saturated carbocycles. The first kappa shape index (κ1) is 21.0. The summed E-state index contributed by atoms with van der Waals surface area (Å²) < 4.78 is 35.7. The van der Waals surface area contributed by atoms with E-state index >= 15 is 0 Å². The average molecular weight is 426 g/mol. The fourth-order valence-electron chi connectivity index (χ4n) is 2.51. The van der Waals surface area contributed by atoms with Crippen LogP contribution < -0.4 is 8.92 Å². The molecule has 3 aromatic rings. The van der Waals surface area contributed by atoms with Gasteiger partial charge in [-0.3, -0.25) is 15.1 Å². The highest BCUT2D eigenvalue weighted by atomic mass is 32.2. The van der Waals surface area contributed by atoms with Crippen LogP contribution in [0.1, 0.15) is 12.5 Å². The number of ether oxygens (including phenoxy) is 1. The summed E-state index contributed by atoms with van der Waals surface area (Å²) in [5.41, 5.74) is 1.15. The van der Waals surface area contributed by atoms with E-state index in [1.165, 1.54) is 42.5 Å². The van der Waals surface area contributed by atoms with Crippen molar-refractivity contribution < 1.29 is 22.3 Å². The van der Waals surface area contributed by atoms with Crippen LogP contribution in [0.4, 0.5) is 11.4 Å². The molecule has 30 heavy (non-hydrogen) atoms. The van der Waals surface area contributed by atoms with Crippen molar-refractivity contribution in [2.75, 3.05) is 6.61 Å². The molecule has 0 atom stereocenters. The van der Waals surface area contributed by atoms with Gasteiger partial charge >= 0.3 is 10.1 Å². The first-order valence-electron chi connectivity index (χ1n) is 8.94. The normalized spacial score (nSPS) is 11.4. The van der Waals surface area contributed by atoms with Gasteiger partial charge in [-0.15, -0.1) is 0 Å². The number of hydrogen-bond acceptors (Lipinski definition) is 7. The highest BCUT2D eigenvalue weighted by molar-refractivity contribution is 7.87. The van der Waals surface area contributed by atoms with E-state index in [0.717, 1.165) is 0 Å². The lowest BCUT2D eigenvalue weighted by atomic mass is 10.2. The van der Waals surface area contributed by atoms with Crippen molar-refractivity contribution in [3.05, 3.63) is 88.5 Å². The number of nitrogens with zero attached hydrogens (tertiary/aromatic N) is 2. The predicted octanol–water partition coefficient (Wildman–Crippen LogP) is 4.51. The summed E-state index contributed by atoms with van der Waals surface area (Å²) in [6.45, 7) is 2.08. The summed E-state index contributed by atoms with van der Waals surface area (Å²) in [6.07, 6.45) is 1.54. The molecule has 3 aromatic carbocycles. The minimum atomic E-state index is -4.00. The van der Waals surface area contributed by atoms with Gasteiger partial charge in [0, 0.05) is 18.3 Å². The Bertz CT molecular complexity index is 1160. The molecular formula is C21H18N2O6S. The van der Waals surface area contributed by atoms with Gasteiger partial charge in [-0.25, -0.2) is 0 Å². The van der Waals surface area contributed by atoms with Crippen LogP contribution in [-0.2, 0) is 10.1 Å². The van der Waals surface area contributed by atoms with Crippen LogP contribution in [0, 0.1) is 10.1 Å². The minimum Gasteiger partial charge on any atom is -0.490 e. The van der Waals surface area contributed by atoms with Gasteiger partial charge in [-0.05, 0) is 55.0 Å². The van der Waals surface area contributed by atoms with Crippen LogP contribution in [0.2, 0.25) is 0 Å². The molecule has 0 aliphatic heterocycles. The Kier molecular flexibility index (Phi) is 6.43. The van der Waals surface area contributed by atoms with Gasteiger partial charge in [-0.1, -0.05) is 18.2 Å². The first-order valence-corrected chi connectivity index (χ1v) is 10.3. The molecule has 0 spiro atoms. The molecule has 9 heteroatoms. The number of aliphatic imine (C=N–C) groups is 1. The molecular weight excluding hydrogens is 408 g/mol. The number of nitro groups is 1. The smallest absolute Gasteiger partial charge is 0.339 e. The predicted molar refractivity (Wildman–Crippen MR) is 112 cm³/mol. The molecule has 154 valence electrons. The Morgan fingerprint density at radius 1 is 1.00 bits per heavy atom. The lowest BCUT2D eigenvalue weighted by Crippen LogP contribution is -2.10. The highest BCUT2D eigenvalue weighted by Gasteiger charge is 2.19. The van der Waals surface area contributed by atoms with Crippen molar-refractivity contribution in [2.45, 2.75) is 11.8 Å². The van der Waals surface area contributed by atoms with Crippen LogP contribution in [0.5, 0.6) is 11.5 Å². The number of non-ortho nitro benzene ring substituents is 1. The Morgan fingerprint density at radius 2 is 1.70 bits per heavy atom. The SMILES string of the molecule is CCOc1cc(C=Nc2ccc([N+](=O)[O-])cc2)ccc1OS(=O)(=O)c1ccccc1. The topological polar surface area (TPSA) is 108 Å². The van der Waals surface area contributed by atoms with Gasteiger partial charge in [0.05, 0.1) is 17.2 Å². The van der Waals surface area contributed by atoms with Crippen LogP contribution in [0.15, 0.2) is 82.7 Å². The zero-order chi connectivity index (χ0) is 21.6. The summed E-state index contributed by atoms with van der Waals surface area (Å²) in [6, 6.07) is 18.3. The molecule has 0 heterocycles. The van der Waals surface area contributed by atoms with Gasteiger partial charge in [0.25, 0.3) is 5.69 Å². The molecule has 0 bridgehead atoms. The van der Waals surface area contributed by atoms with Crippen LogP contribution in [0.3, 0.4) is 0 Å². The molecule has 8 nitrogen and oxygen atoms in total. The Hall–Kier alpha value is -3.72. The standard InChI is InChI=1S/C21H18N2O6S/c1-2-28-21-14-16(15-22-17-9-11-18(12-10-17)23(24)25)8-13-20(21)29-30(26,27)19-6-4-3-5-7-19/h3-15H,2H2,1H3. The van der Waals surface area contributed by atoms with Crippen LogP contribution >= 0.6 is 0 Å². The fraction of sp³-hybridized carbons (Fsp3) is 0.0952.